The summed E-state index contributed by atoms with van der Waals surface area (Å²) >= 11 is 0. The predicted molar refractivity (Wildman–Crippen MR) is 27.5 cm³/mol. The summed E-state index contributed by atoms with van der Waals surface area (Å²) in [6.45, 7) is 0.987. The predicted octanol–water partition coefficient (Wildman–Crippen LogP) is -0.244. The minimum atomic E-state index is 0.546. The third-order valence-electron chi connectivity index (χ3n) is 1.16. The Kier molecular flexibility index (Phi) is 1.15. The minimum absolute atomic E-state index is 0.546. The van der Waals surface area contributed by atoms with E-state index in [1.54, 1.807) is 0 Å². The summed E-state index contributed by atoms with van der Waals surface area (Å²) in [7, 11) is 2.12. The molecule has 1 nitrogen and oxygen atoms in total. The van der Waals surface area contributed by atoms with Crippen molar-refractivity contribution in [1.82, 2.24) is 0 Å². The Morgan fingerprint density at radius 3 is 2.67 bits per heavy atom. The second kappa shape index (κ2) is 1.65. The molecule has 0 radical (unpaired) electrons. The first-order valence-electron chi connectivity index (χ1n) is 2.51. The molecule has 0 aromatic carbocycles. The third kappa shape index (κ3) is 0.746. The van der Waals surface area contributed by atoms with E-state index in [9.17, 15) is 0 Å². The van der Waals surface area contributed by atoms with Gasteiger partial charge in [-0.05, 0) is 12.8 Å². The van der Waals surface area contributed by atoms with Gasteiger partial charge in [0.1, 0.15) is 7.85 Å². The highest BCUT2D eigenvalue weighted by Gasteiger charge is 2.07. The fraction of sp³-hybridized carbons (Fsp3) is 1.00. The molecule has 1 heterocycles. The van der Waals surface area contributed by atoms with Crippen LogP contribution in [0.3, 0.4) is 0 Å². The Bertz CT molecular complexity index is 40.8. The largest absolute Gasteiger partial charge is 0.387 e. The Hall–Kier alpha value is 0.0249. The van der Waals surface area contributed by atoms with Crippen LogP contribution in [0.25, 0.3) is 0 Å². The lowest BCUT2D eigenvalue weighted by atomic mass is 9.98. The lowest BCUT2D eigenvalue weighted by Gasteiger charge is -1.94. The first kappa shape index (κ1) is 4.19. The van der Waals surface area contributed by atoms with E-state index in [1.165, 1.54) is 12.8 Å². The molecule has 34 valence electrons. The van der Waals surface area contributed by atoms with Crippen LogP contribution < -0.4 is 0 Å². The maximum absolute atomic E-state index is 5.15. The SMILES string of the molecule is BC1CCCO1. The zero-order chi connectivity index (χ0) is 4.41. The molecule has 0 bridgehead atoms. The highest BCUT2D eigenvalue weighted by Crippen LogP contribution is 2.06. The van der Waals surface area contributed by atoms with Crippen molar-refractivity contribution >= 4 is 7.85 Å². The Morgan fingerprint density at radius 1 is 1.67 bits per heavy atom. The van der Waals surface area contributed by atoms with Crippen LogP contribution in [0.5, 0.6) is 0 Å². The molecule has 0 saturated carbocycles. The number of hydrogen-bond donors (Lipinski definition) is 0. The molecule has 2 heteroatoms. The first-order chi connectivity index (χ1) is 2.89. The molecule has 0 spiro atoms. The Labute approximate surface area is 39.1 Å². The van der Waals surface area contributed by atoms with Gasteiger partial charge in [-0.1, -0.05) is 0 Å². The monoisotopic (exact) mass is 84.1 g/mol. The maximum atomic E-state index is 5.15. The number of rotatable bonds is 0. The fourth-order valence-corrected chi connectivity index (χ4v) is 0.739. The van der Waals surface area contributed by atoms with E-state index in [0.29, 0.717) is 6.00 Å². The maximum Gasteiger partial charge on any atom is 0.139 e. The van der Waals surface area contributed by atoms with Gasteiger partial charge in [0.15, 0.2) is 0 Å². The molecule has 0 amide bonds. The summed E-state index contributed by atoms with van der Waals surface area (Å²) in [5.74, 6) is 0. The highest BCUT2D eigenvalue weighted by molar-refractivity contribution is 6.11. The smallest absolute Gasteiger partial charge is 0.139 e. The molecule has 1 atom stereocenters. The van der Waals surface area contributed by atoms with Crippen LogP contribution in [0.15, 0.2) is 0 Å². The van der Waals surface area contributed by atoms with Crippen molar-refractivity contribution in [3.63, 3.8) is 0 Å². The van der Waals surface area contributed by atoms with Crippen molar-refractivity contribution in [3.05, 3.63) is 0 Å². The van der Waals surface area contributed by atoms with Crippen molar-refractivity contribution in [3.8, 4) is 0 Å². The van der Waals surface area contributed by atoms with Crippen molar-refractivity contribution in [2.45, 2.75) is 18.8 Å². The van der Waals surface area contributed by atoms with E-state index in [4.69, 9.17) is 4.74 Å². The Balaban J connectivity index is 2.18. The number of ether oxygens (including phenoxy) is 1. The van der Waals surface area contributed by atoms with Crippen molar-refractivity contribution in [1.29, 1.82) is 0 Å². The molecule has 0 N–H and O–H groups in total. The van der Waals surface area contributed by atoms with Gasteiger partial charge in [-0.2, -0.15) is 0 Å². The van der Waals surface area contributed by atoms with Gasteiger partial charge in [0.05, 0.1) is 0 Å². The standard InChI is InChI=1S/C4H9BO/c5-4-2-1-3-6-4/h4H,1-3,5H2. The summed E-state index contributed by atoms with van der Waals surface area (Å²) in [6, 6.07) is 0.546. The molecule has 0 aromatic rings. The van der Waals surface area contributed by atoms with Gasteiger partial charge in [-0.3, -0.25) is 0 Å². The van der Waals surface area contributed by atoms with Gasteiger partial charge in [-0.25, -0.2) is 0 Å². The molecule has 1 aliphatic rings. The lowest BCUT2D eigenvalue weighted by molar-refractivity contribution is 0.168. The number of hydrogen-bond acceptors (Lipinski definition) is 1. The molecule has 1 rings (SSSR count). The summed E-state index contributed by atoms with van der Waals surface area (Å²) in [5, 5.41) is 0. The van der Waals surface area contributed by atoms with Crippen molar-refractivity contribution in [2.75, 3.05) is 6.61 Å². The molecule has 1 unspecified atom stereocenters. The summed E-state index contributed by atoms with van der Waals surface area (Å²) < 4.78 is 5.15. The summed E-state index contributed by atoms with van der Waals surface area (Å²) in [6.07, 6.45) is 2.53. The highest BCUT2D eigenvalue weighted by atomic mass is 16.5. The van der Waals surface area contributed by atoms with Gasteiger partial charge in [0, 0.05) is 12.6 Å². The van der Waals surface area contributed by atoms with Crippen LogP contribution in [-0.4, -0.2) is 20.5 Å². The molecule has 1 fully saturated rings. The zero-order valence-electron chi connectivity index (χ0n) is 4.11. The van der Waals surface area contributed by atoms with E-state index in [0.717, 1.165) is 6.61 Å². The second-order valence-electron chi connectivity index (χ2n) is 1.82. The van der Waals surface area contributed by atoms with Crippen LogP contribution >= 0.6 is 0 Å². The first-order valence-corrected chi connectivity index (χ1v) is 2.51. The quantitative estimate of drug-likeness (QED) is 0.368. The molecule has 1 saturated heterocycles. The van der Waals surface area contributed by atoms with Crippen LogP contribution in [0.2, 0.25) is 0 Å². The molecule has 0 aromatic heterocycles. The zero-order valence-corrected chi connectivity index (χ0v) is 4.11. The molecular formula is C4H9BO. The van der Waals surface area contributed by atoms with E-state index >= 15 is 0 Å². The molecule has 6 heavy (non-hydrogen) atoms. The fourth-order valence-electron chi connectivity index (χ4n) is 0.739. The third-order valence-corrected chi connectivity index (χ3v) is 1.16. The normalized spacial score (nSPS) is 34.3. The summed E-state index contributed by atoms with van der Waals surface area (Å²) in [4.78, 5) is 0. The van der Waals surface area contributed by atoms with Crippen LogP contribution in [0.4, 0.5) is 0 Å². The van der Waals surface area contributed by atoms with Crippen molar-refractivity contribution < 1.29 is 4.74 Å². The molecule has 0 aliphatic carbocycles. The van der Waals surface area contributed by atoms with Gasteiger partial charge in [0.25, 0.3) is 0 Å². The van der Waals surface area contributed by atoms with Gasteiger partial charge < -0.3 is 4.74 Å². The van der Waals surface area contributed by atoms with Crippen LogP contribution in [0, 0.1) is 0 Å². The lowest BCUT2D eigenvalue weighted by Crippen LogP contribution is -2.01. The molecular weight excluding hydrogens is 74.9 g/mol. The van der Waals surface area contributed by atoms with Crippen LogP contribution in [-0.2, 0) is 4.74 Å². The Morgan fingerprint density at radius 2 is 2.50 bits per heavy atom. The topological polar surface area (TPSA) is 9.23 Å². The average Bonchev–Trinajstić information content (AvgIpc) is 1.86. The molecule has 1 aliphatic heterocycles. The van der Waals surface area contributed by atoms with Crippen LogP contribution in [0.1, 0.15) is 12.8 Å². The van der Waals surface area contributed by atoms with Gasteiger partial charge in [0.2, 0.25) is 0 Å². The van der Waals surface area contributed by atoms with E-state index in [-0.39, 0.29) is 0 Å². The summed E-state index contributed by atoms with van der Waals surface area (Å²) in [5.41, 5.74) is 0. The van der Waals surface area contributed by atoms with Crippen molar-refractivity contribution in [2.24, 2.45) is 0 Å². The van der Waals surface area contributed by atoms with E-state index in [1.807, 2.05) is 0 Å². The van der Waals surface area contributed by atoms with Gasteiger partial charge >= 0.3 is 0 Å². The van der Waals surface area contributed by atoms with E-state index < -0.39 is 0 Å². The second-order valence-corrected chi connectivity index (χ2v) is 1.82. The minimum Gasteiger partial charge on any atom is -0.387 e. The average molecular weight is 83.9 g/mol. The van der Waals surface area contributed by atoms with E-state index in [2.05, 4.69) is 7.85 Å². The van der Waals surface area contributed by atoms with Gasteiger partial charge in [-0.15, -0.1) is 0 Å².